The molecule has 0 aliphatic rings. The van der Waals surface area contributed by atoms with Crippen LogP contribution in [-0.4, -0.2) is 38.3 Å². The molecule has 1 aromatic rings. The van der Waals surface area contributed by atoms with Gasteiger partial charge in [-0.15, -0.1) is 0 Å². The zero-order valence-electron chi connectivity index (χ0n) is 10.3. The Balaban J connectivity index is 2.70. The van der Waals surface area contributed by atoms with Gasteiger partial charge in [0.25, 0.3) is 0 Å². The molecule has 0 aliphatic heterocycles. The fraction of sp³-hybridized carbons (Fsp3) is 0.333. The molecule has 0 N–H and O–H groups in total. The molecule has 0 atom stereocenters. The summed E-state index contributed by atoms with van der Waals surface area (Å²) in [5.41, 5.74) is 0.0776. The van der Waals surface area contributed by atoms with Crippen LogP contribution in [0.1, 0.15) is 17.3 Å². The lowest BCUT2D eigenvalue weighted by Crippen LogP contribution is -2.25. The lowest BCUT2D eigenvalue weighted by molar-refractivity contribution is -0.139. The molecule has 0 saturated carbocycles. The third kappa shape index (κ3) is 5.17. The molecule has 0 saturated heterocycles. The minimum atomic E-state index is -3.88. The number of halogens is 1. The van der Waals surface area contributed by atoms with Gasteiger partial charge in [0.05, 0.1) is 6.61 Å². The van der Waals surface area contributed by atoms with Crippen LogP contribution < -0.4 is 0 Å². The molecule has 104 valence electrons. The lowest BCUT2D eigenvalue weighted by Gasteiger charge is -2.04. The topological polar surface area (TPSA) is 77.5 Å². The molecule has 0 radical (unpaired) electrons. The third-order valence-corrected chi connectivity index (χ3v) is 3.54. The normalized spacial score (nSPS) is 11.1. The summed E-state index contributed by atoms with van der Waals surface area (Å²) < 4.78 is 40.3. The number of carbonyl (C=O) groups is 2. The first-order valence-electron chi connectivity index (χ1n) is 5.49. The van der Waals surface area contributed by atoms with Gasteiger partial charge >= 0.3 is 5.97 Å². The monoisotopic (exact) mass is 288 g/mol. The second-order valence-electron chi connectivity index (χ2n) is 3.77. The smallest absolute Gasteiger partial charge is 0.321 e. The highest BCUT2D eigenvalue weighted by Crippen LogP contribution is 2.06. The minimum absolute atomic E-state index is 0.0697. The Morgan fingerprint density at radius 3 is 2.26 bits per heavy atom. The molecule has 0 heterocycles. The van der Waals surface area contributed by atoms with Crippen molar-refractivity contribution in [1.29, 1.82) is 0 Å². The van der Waals surface area contributed by atoms with E-state index in [1.165, 1.54) is 12.1 Å². The fourth-order valence-corrected chi connectivity index (χ4v) is 2.46. The van der Waals surface area contributed by atoms with Crippen molar-refractivity contribution in [2.45, 2.75) is 6.92 Å². The molecule has 1 aromatic carbocycles. The van der Waals surface area contributed by atoms with Gasteiger partial charge in [-0.05, 0) is 31.2 Å². The number of carbonyl (C=O) groups excluding carboxylic acids is 2. The number of esters is 1. The van der Waals surface area contributed by atoms with E-state index in [4.69, 9.17) is 0 Å². The summed E-state index contributed by atoms with van der Waals surface area (Å²) in [6, 6.07) is 4.51. The first-order chi connectivity index (χ1) is 8.84. The largest absolute Gasteiger partial charge is 0.465 e. The van der Waals surface area contributed by atoms with Crippen molar-refractivity contribution in [3.05, 3.63) is 35.6 Å². The van der Waals surface area contributed by atoms with Crippen LogP contribution in [0.2, 0.25) is 0 Å². The molecule has 7 heteroatoms. The zero-order chi connectivity index (χ0) is 14.5. The molecule has 0 aromatic heterocycles. The number of benzene rings is 1. The molecule has 19 heavy (non-hydrogen) atoms. The van der Waals surface area contributed by atoms with Crippen molar-refractivity contribution in [1.82, 2.24) is 0 Å². The fourth-order valence-electron chi connectivity index (χ4n) is 1.35. The van der Waals surface area contributed by atoms with Crippen LogP contribution in [0, 0.1) is 5.82 Å². The molecule has 1 rings (SSSR count). The van der Waals surface area contributed by atoms with E-state index >= 15 is 0 Å². The van der Waals surface area contributed by atoms with Crippen LogP contribution in [0.5, 0.6) is 0 Å². The molecule has 0 spiro atoms. The van der Waals surface area contributed by atoms with Crippen LogP contribution in [0.15, 0.2) is 24.3 Å². The van der Waals surface area contributed by atoms with Gasteiger partial charge in [0.1, 0.15) is 17.3 Å². The van der Waals surface area contributed by atoms with Crippen LogP contribution >= 0.6 is 0 Å². The summed E-state index contributed by atoms with van der Waals surface area (Å²) in [6.45, 7) is 1.62. The van der Waals surface area contributed by atoms with E-state index in [0.717, 1.165) is 12.1 Å². The summed E-state index contributed by atoms with van der Waals surface area (Å²) in [4.78, 5) is 22.7. The maximum Gasteiger partial charge on any atom is 0.321 e. The van der Waals surface area contributed by atoms with Gasteiger partial charge in [0.2, 0.25) is 0 Å². The summed E-state index contributed by atoms with van der Waals surface area (Å²) in [5, 5.41) is 0. The Labute approximate surface area is 110 Å². The number of sulfone groups is 1. The summed E-state index contributed by atoms with van der Waals surface area (Å²) in [7, 11) is -3.88. The number of rotatable bonds is 6. The maximum absolute atomic E-state index is 12.7. The first-order valence-corrected chi connectivity index (χ1v) is 7.31. The number of ether oxygens (including phenoxy) is 1. The van der Waals surface area contributed by atoms with Gasteiger partial charge in [-0.1, -0.05) is 0 Å². The summed E-state index contributed by atoms with van der Waals surface area (Å²) in [6.07, 6.45) is 0. The number of ketones is 1. The number of hydrogen-bond acceptors (Lipinski definition) is 5. The lowest BCUT2D eigenvalue weighted by atomic mass is 10.1. The molecule has 0 fully saturated rings. The highest BCUT2D eigenvalue weighted by molar-refractivity contribution is 7.92. The molecule has 0 amide bonds. The summed E-state index contributed by atoms with van der Waals surface area (Å²) >= 11 is 0. The van der Waals surface area contributed by atoms with Gasteiger partial charge in [0.15, 0.2) is 15.6 Å². The van der Waals surface area contributed by atoms with E-state index in [2.05, 4.69) is 4.74 Å². The number of Topliss-reactive ketones (excluding diaryl/α,β-unsaturated/α-hetero) is 1. The Bertz CT molecular complexity index is 562. The van der Waals surface area contributed by atoms with E-state index in [0.29, 0.717) is 0 Å². The average Bonchev–Trinajstić information content (AvgIpc) is 2.28. The molecule has 0 unspecified atom stereocenters. The Hall–Kier alpha value is -1.76. The quantitative estimate of drug-likeness (QED) is 0.576. The Kier molecular flexibility index (Phi) is 5.17. The Morgan fingerprint density at radius 1 is 1.16 bits per heavy atom. The van der Waals surface area contributed by atoms with E-state index < -0.39 is 38.9 Å². The van der Waals surface area contributed by atoms with E-state index in [1.54, 1.807) is 6.92 Å². The Morgan fingerprint density at radius 2 is 1.74 bits per heavy atom. The predicted molar refractivity (Wildman–Crippen MR) is 66.0 cm³/mol. The van der Waals surface area contributed by atoms with Gasteiger partial charge < -0.3 is 4.74 Å². The molecule has 0 aliphatic carbocycles. The SMILES string of the molecule is CCOC(=O)CS(=O)(=O)CC(=O)c1ccc(F)cc1. The van der Waals surface area contributed by atoms with Crippen LogP contribution in [0.3, 0.4) is 0 Å². The van der Waals surface area contributed by atoms with Crippen molar-refractivity contribution >= 4 is 21.6 Å². The molecule has 0 bridgehead atoms. The second-order valence-corrected chi connectivity index (χ2v) is 5.83. The molecule has 5 nitrogen and oxygen atoms in total. The zero-order valence-corrected chi connectivity index (χ0v) is 11.1. The second kappa shape index (κ2) is 6.42. The highest BCUT2D eigenvalue weighted by Gasteiger charge is 2.22. The third-order valence-electron chi connectivity index (χ3n) is 2.16. The van der Waals surface area contributed by atoms with E-state index in [9.17, 15) is 22.4 Å². The maximum atomic E-state index is 12.7. The first kappa shape index (κ1) is 15.3. The van der Waals surface area contributed by atoms with Crippen molar-refractivity contribution in [2.75, 3.05) is 18.1 Å². The molecular formula is C12H13FO5S. The van der Waals surface area contributed by atoms with Gasteiger partial charge in [0, 0.05) is 5.56 Å². The molecular weight excluding hydrogens is 275 g/mol. The van der Waals surface area contributed by atoms with Crippen molar-refractivity contribution in [3.8, 4) is 0 Å². The van der Waals surface area contributed by atoms with Gasteiger partial charge in [-0.25, -0.2) is 12.8 Å². The van der Waals surface area contributed by atoms with Crippen LogP contribution in [-0.2, 0) is 19.4 Å². The van der Waals surface area contributed by atoms with Crippen molar-refractivity contribution < 1.29 is 27.1 Å². The van der Waals surface area contributed by atoms with Crippen molar-refractivity contribution in [2.24, 2.45) is 0 Å². The predicted octanol–water partition coefficient (Wildman–Crippen LogP) is 0.986. The van der Waals surface area contributed by atoms with E-state index in [1.807, 2.05) is 0 Å². The number of hydrogen-bond donors (Lipinski definition) is 0. The average molecular weight is 288 g/mol. The summed E-state index contributed by atoms with van der Waals surface area (Å²) in [5.74, 6) is -3.75. The highest BCUT2D eigenvalue weighted by atomic mass is 32.2. The minimum Gasteiger partial charge on any atom is -0.465 e. The van der Waals surface area contributed by atoms with Crippen molar-refractivity contribution in [3.63, 3.8) is 0 Å². The van der Waals surface area contributed by atoms with Gasteiger partial charge in [-0.2, -0.15) is 0 Å². The van der Waals surface area contributed by atoms with Crippen LogP contribution in [0.4, 0.5) is 4.39 Å². The van der Waals surface area contributed by atoms with Crippen LogP contribution in [0.25, 0.3) is 0 Å². The van der Waals surface area contributed by atoms with Gasteiger partial charge in [-0.3, -0.25) is 9.59 Å². The standard InChI is InChI=1S/C12H13FO5S/c1-2-18-12(15)8-19(16,17)7-11(14)9-3-5-10(13)6-4-9/h3-6H,2,7-8H2,1H3. The van der Waals surface area contributed by atoms with E-state index in [-0.39, 0.29) is 12.2 Å².